The van der Waals surface area contributed by atoms with Crippen molar-refractivity contribution in [2.45, 2.75) is 29.9 Å². The van der Waals surface area contributed by atoms with Crippen LogP contribution in [0.15, 0.2) is 28.3 Å². The molecule has 1 heterocycles. The molecule has 0 radical (unpaired) electrons. The third-order valence-corrected chi connectivity index (χ3v) is 4.38. The van der Waals surface area contributed by atoms with Crippen LogP contribution in [0.5, 0.6) is 0 Å². The second kappa shape index (κ2) is 6.11. The molecule has 0 spiro atoms. The van der Waals surface area contributed by atoms with Gasteiger partial charge in [0.1, 0.15) is 0 Å². The Balaban J connectivity index is 2.08. The van der Waals surface area contributed by atoms with Gasteiger partial charge in [-0.3, -0.25) is 0 Å². The average molecular weight is 266 g/mol. The first-order chi connectivity index (χ1) is 8.70. The Bertz CT molecular complexity index is 443. The second-order valence-electron chi connectivity index (χ2n) is 4.39. The first-order valence-electron chi connectivity index (χ1n) is 6.03. The number of oxime groups is 1. The molecule has 1 aliphatic heterocycles. The van der Waals surface area contributed by atoms with Crippen LogP contribution < -0.4 is 5.73 Å². The molecular weight excluding hydrogens is 248 g/mol. The summed E-state index contributed by atoms with van der Waals surface area (Å²) in [6, 6.07) is 6.03. The zero-order valence-electron chi connectivity index (χ0n) is 10.4. The van der Waals surface area contributed by atoms with Crippen LogP contribution in [0.2, 0.25) is 0 Å². The number of rotatable bonds is 3. The van der Waals surface area contributed by atoms with Gasteiger partial charge in [-0.15, -0.1) is 11.8 Å². The van der Waals surface area contributed by atoms with Crippen LogP contribution >= 0.6 is 11.8 Å². The highest BCUT2D eigenvalue weighted by Gasteiger charge is 2.15. The quantitative estimate of drug-likeness (QED) is 0.381. The van der Waals surface area contributed by atoms with Gasteiger partial charge in [0.25, 0.3) is 0 Å². The van der Waals surface area contributed by atoms with Crippen LogP contribution in [0.1, 0.15) is 24.0 Å². The largest absolute Gasteiger partial charge is 0.409 e. The van der Waals surface area contributed by atoms with Crippen LogP contribution in [0.25, 0.3) is 0 Å². The molecule has 1 aliphatic rings. The summed E-state index contributed by atoms with van der Waals surface area (Å²) in [5.41, 5.74) is 7.42. The summed E-state index contributed by atoms with van der Waals surface area (Å²) in [7, 11) is 0. The molecule has 1 fully saturated rings. The average Bonchev–Trinajstić information content (AvgIpc) is 2.39. The zero-order chi connectivity index (χ0) is 13.0. The SMILES string of the molecule is Cc1cc(SC2CCOCC2)ccc1/C(N)=N/O. The highest BCUT2D eigenvalue weighted by molar-refractivity contribution is 8.00. The van der Waals surface area contributed by atoms with Gasteiger partial charge in [0.05, 0.1) is 0 Å². The maximum Gasteiger partial charge on any atom is 0.170 e. The van der Waals surface area contributed by atoms with Crippen LogP contribution in [-0.2, 0) is 4.74 Å². The Morgan fingerprint density at radius 3 is 2.78 bits per heavy atom. The van der Waals surface area contributed by atoms with Gasteiger partial charge in [-0.2, -0.15) is 0 Å². The number of ether oxygens (including phenoxy) is 1. The van der Waals surface area contributed by atoms with Gasteiger partial charge in [-0.25, -0.2) is 0 Å². The normalized spacial score (nSPS) is 17.9. The lowest BCUT2D eigenvalue weighted by Gasteiger charge is -2.21. The number of nitrogens with zero attached hydrogens (tertiary/aromatic N) is 1. The van der Waals surface area contributed by atoms with Gasteiger partial charge < -0.3 is 15.7 Å². The van der Waals surface area contributed by atoms with Crippen molar-refractivity contribution in [3.63, 3.8) is 0 Å². The fourth-order valence-corrected chi connectivity index (χ4v) is 3.24. The minimum atomic E-state index is 0.162. The van der Waals surface area contributed by atoms with Crippen molar-refractivity contribution in [3.8, 4) is 0 Å². The predicted molar refractivity (Wildman–Crippen MR) is 73.4 cm³/mol. The summed E-state index contributed by atoms with van der Waals surface area (Å²) in [5, 5.41) is 12.4. The number of thioether (sulfide) groups is 1. The summed E-state index contributed by atoms with van der Waals surface area (Å²) >= 11 is 1.88. The van der Waals surface area contributed by atoms with E-state index in [0.29, 0.717) is 5.25 Å². The second-order valence-corrected chi connectivity index (χ2v) is 5.77. The van der Waals surface area contributed by atoms with E-state index in [2.05, 4.69) is 11.2 Å². The Labute approximate surface area is 111 Å². The van der Waals surface area contributed by atoms with Crippen LogP contribution in [0.3, 0.4) is 0 Å². The van der Waals surface area contributed by atoms with Crippen molar-refractivity contribution in [3.05, 3.63) is 29.3 Å². The van der Waals surface area contributed by atoms with E-state index in [1.807, 2.05) is 30.8 Å². The highest BCUT2D eigenvalue weighted by atomic mass is 32.2. The van der Waals surface area contributed by atoms with E-state index in [9.17, 15) is 0 Å². The number of benzene rings is 1. The van der Waals surface area contributed by atoms with Crippen molar-refractivity contribution >= 4 is 17.6 Å². The number of amidine groups is 1. The molecule has 0 aromatic heterocycles. The lowest BCUT2D eigenvalue weighted by Crippen LogP contribution is -2.17. The molecule has 0 unspecified atom stereocenters. The minimum Gasteiger partial charge on any atom is -0.409 e. The molecule has 0 aliphatic carbocycles. The third-order valence-electron chi connectivity index (χ3n) is 3.05. The minimum absolute atomic E-state index is 0.162. The van der Waals surface area contributed by atoms with Crippen molar-refractivity contribution < 1.29 is 9.94 Å². The van der Waals surface area contributed by atoms with Crippen LogP contribution in [0, 0.1) is 6.92 Å². The first-order valence-corrected chi connectivity index (χ1v) is 6.91. The molecule has 1 aromatic rings. The van der Waals surface area contributed by atoms with Gasteiger partial charge in [-0.1, -0.05) is 5.16 Å². The Morgan fingerprint density at radius 1 is 1.44 bits per heavy atom. The van der Waals surface area contributed by atoms with Crippen molar-refractivity contribution in [2.75, 3.05) is 13.2 Å². The smallest absolute Gasteiger partial charge is 0.170 e. The molecule has 2 rings (SSSR count). The molecule has 98 valence electrons. The summed E-state index contributed by atoms with van der Waals surface area (Å²) in [4.78, 5) is 1.23. The van der Waals surface area contributed by atoms with Crippen molar-refractivity contribution in [2.24, 2.45) is 10.9 Å². The van der Waals surface area contributed by atoms with Crippen LogP contribution in [0.4, 0.5) is 0 Å². The monoisotopic (exact) mass is 266 g/mol. The Morgan fingerprint density at radius 2 is 2.17 bits per heavy atom. The highest BCUT2D eigenvalue weighted by Crippen LogP contribution is 2.30. The fourth-order valence-electron chi connectivity index (χ4n) is 2.04. The summed E-state index contributed by atoms with van der Waals surface area (Å²) in [5.74, 6) is 0.162. The molecule has 3 N–H and O–H groups in total. The van der Waals surface area contributed by atoms with Crippen LogP contribution in [-0.4, -0.2) is 29.5 Å². The predicted octanol–water partition coefficient (Wildman–Crippen LogP) is 2.36. The number of aryl methyl sites for hydroxylation is 1. The third kappa shape index (κ3) is 3.17. The zero-order valence-corrected chi connectivity index (χ0v) is 11.2. The maximum absolute atomic E-state index is 8.69. The van der Waals surface area contributed by atoms with Gasteiger partial charge in [-0.05, 0) is 43.5 Å². The van der Waals surface area contributed by atoms with E-state index in [1.165, 1.54) is 4.90 Å². The first kappa shape index (κ1) is 13.2. The van der Waals surface area contributed by atoms with E-state index >= 15 is 0 Å². The maximum atomic E-state index is 8.69. The molecule has 1 saturated heterocycles. The van der Waals surface area contributed by atoms with E-state index in [4.69, 9.17) is 15.7 Å². The Hall–Kier alpha value is -1.20. The molecule has 5 heteroatoms. The molecule has 0 amide bonds. The molecule has 0 bridgehead atoms. The topological polar surface area (TPSA) is 67.8 Å². The fraction of sp³-hybridized carbons (Fsp3) is 0.462. The molecule has 1 aromatic carbocycles. The molecule has 0 saturated carbocycles. The molecule has 18 heavy (non-hydrogen) atoms. The van der Waals surface area contributed by atoms with Gasteiger partial charge >= 0.3 is 0 Å². The van der Waals surface area contributed by atoms with E-state index in [1.54, 1.807) is 0 Å². The Kier molecular flexibility index (Phi) is 4.49. The summed E-state index contributed by atoms with van der Waals surface area (Å²) in [6.07, 6.45) is 2.21. The lowest BCUT2D eigenvalue weighted by molar-refractivity contribution is 0.100. The molecule has 4 nitrogen and oxygen atoms in total. The summed E-state index contributed by atoms with van der Waals surface area (Å²) < 4.78 is 5.35. The summed E-state index contributed by atoms with van der Waals surface area (Å²) in [6.45, 7) is 3.69. The van der Waals surface area contributed by atoms with Gasteiger partial charge in [0.15, 0.2) is 5.84 Å². The van der Waals surface area contributed by atoms with E-state index in [-0.39, 0.29) is 5.84 Å². The van der Waals surface area contributed by atoms with Crippen molar-refractivity contribution in [1.29, 1.82) is 0 Å². The van der Waals surface area contributed by atoms with Crippen molar-refractivity contribution in [1.82, 2.24) is 0 Å². The number of hydrogen-bond donors (Lipinski definition) is 2. The van der Waals surface area contributed by atoms with Gasteiger partial charge in [0.2, 0.25) is 0 Å². The molecule has 0 atom stereocenters. The standard InChI is InChI=1S/C13H18N2O2S/c1-9-8-11(2-3-12(9)13(14)15-16)18-10-4-6-17-7-5-10/h2-3,8,10,16H,4-7H2,1H3,(H2,14,15). The lowest BCUT2D eigenvalue weighted by atomic mass is 10.1. The number of hydrogen-bond acceptors (Lipinski definition) is 4. The number of nitrogens with two attached hydrogens (primary N) is 1. The van der Waals surface area contributed by atoms with E-state index < -0.39 is 0 Å². The van der Waals surface area contributed by atoms with Gasteiger partial charge in [0, 0.05) is 28.9 Å². The van der Waals surface area contributed by atoms with E-state index in [0.717, 1.165) is 37.2 Å². The molecular formula is C13H18N2O2S.